The van der Waals surface area contributed by atoms with Gasteiger partial charge in [-0.05, 0) is 25.6 Å². The molecule has 1 aromatic heterocycles. The largest absolute Gasteiger partial charge is 0.315 e. The highest BCUT2D eigenvalue weighted by Gasteiger charge is 2.06. The summed E-state index contributed by atoms with van der Waals surface area (Å²) in [7, 11) is 3.66. The van der Waals surface area contributed by atoms with Crippen LogP contribution < -0.4 is 10.9 Å². The Balaban J connectivity index is 2.50. The lowest BCUT2D eigenvalue weighted by Gasteiger charge is -2.10. The lowest BCUT2D eigenvalue weighted by molar-refractivity contribution is 0.772. The molecule has 0 atom stereocenters. The molecular formula is C15H18N2O. The van der Waals surface area contributed by atoms with Crippen LogP contribution in [0.1, 0.15) is 11.1 Å². The molecule has 0 aliphatic carbocycles. The number of rotatable bonds is 3. The second-order valence-corrected chi connectivity index (χ2v) is 4.50. The van der Waals surface area contributed by atoms with Gasteiger partial charge in [-0.15, -0.1) is 0 Å². The van der Waals surface area contributed by atoms with E-state index >= 15 is 0 Å². The standard InChI is InChI=1S/C15H18N2O/c1-11-4-6-12(7-5-11)14-9-8-13(10-16-2)15(18)17(14)3/h4-9,16H,10H2,1-3H3. The van der Waals surface area contributed by atoms with E-state index in [2.05, 4.69) is 24.4 Å². The number of aryl methyl sites for hydroxylation is 1. The molecule has 2 aromatic rings. The van der Waals surface area contributed by atoms with E-state index in [1.54, 1.807) is 4.57 Å². The molecule has 0 radical (unpaired) electrons. The molecule has 0 aliphatic heterocycles. The van der Waals surface area contributed by atoms with E-state index in [1.165, 1.54) is 5.56 Å². The van der Waals surface area contributed by atoms with Gasteiger partial charge in [0.25, 0.3) is 5.56 Å². The molecule has 1 N–H and O–H groups in total. The van der Waals surface area contributed by atoms with Gasteiger partial charge in [-0.2, -0.15) is 0 Å². The van der Waals surface area contributed by atoms with Gasteiger partial charge in [0.2, 0.25) is 0 Å². The Labute approximate surface area is 107 Å². The summed E-state index contributed by atoms with van der Waals surface area (Å²) >= 11 is 0. The first-order valence-electron chi connectivity index (χ1n) is 6.04. The average Bonchev–Trinajstić information content (AvgIpc) is 2.37. The Morgan fingerprint density at radius 1 is 1.11 bits per heavy atom. The molecule has 0 unspecified atom stereocenters. The lowest BCUT2D eigenvalue weighted by Crippen LogP contribution is -2.25. The van der Waals surface area contributed by atoms with Crippen molar-refractivity contribution in [3.8, 4) is 11.3 Å². The number of nitrogens with zero attached hydrogens (tertiary/aromatic N) is 1. The molecule has 0 spiro atoms. The highest BCUT2D eigenvalue weighted by molar-refractivity contribution is 5.60. The van der Waals surface area contributed by atoms with Crippen molar-refractivity contribution in [3.63, 3.8) is 0 Å². The van der Waals surface area contributed by atoms with Gasteiger partial charge in [-0.1, -0.05) is 35.9 Å². The Bertz CT molecular complexity index is 597. The molecule has 3 nitrogen and oxygen atoms in total. The first kappa shape index (κ1) is 12.6. The quantitative estimate of drug-likeness (QED) is 0.894. The van der Waals surface area contributed by atoms with Crippen molar-refractivity contribution in [1.82, 2.24) is 9.88 Å². The Morgan fingerprint density at radius 3 is 2.39 bits per heavy atom. The normalized spacial score (nSPS) is 10.6. The number of benzene rings is 1. The van der Waals surface area contributed by atoms with E-state index in [1.807, 2.05) is 38.4 Å². The molecule has 94 valence electrons. The minimum atomic E-state index is 0.0578. The van der Waals surface area contributed by atoms with Crippen molar-refractivity contribution >= 4 is 0 Å². The number of hydrogen-bond acceptors (Lipinski definition) is 2. The van der Waals surface area contributed by atoms with Crippen LogP contribution in [0.15, 0.2) is 41.2 Å². The molecule has 2 rings (SSSR count). The summed E-state index contributed by atoms with van der Waals surface area (Å²) in [5, 5.41) is 3.01. The Kier molecular flexibility index (Phi) is 3.63. The summed E-state index contributed by atoms with van der Waals surface area (Å²) in [5.74, 6) is 0. The van der Waals surface area contributed by atoms with E-state index in [0.29, 0.717) is 6.54 Å². The summed E-state index contributed by atoms with van der Waals surface area (Å²) in [6.45, 7) is 2.65. The molecule has 0 amide bonds. The molecule has 0 aliphatic rings. The first-order chi connectivity index (χ1) is 8.63. The monoisotopic (exact) mass is 242 g/mol. The van der Waals surface area contributed by atoms with Gasteiger partial charge in [-0.3, -0.25) is 4.79 Å². The van der Waals surface area contributed by atoms with Crippen molar-refractivity contribution < 1.29 is 0 Å². The Morgan fingerprint density at radius 2 is 1.78 bits per heavy atom. The average molecular weight is 242 g/mol. The number of pyridine rings is 1. The third-order valence-corrected chi connectivity index (χ3v) is 3.10. The van der Waals surface area contributed by atoms with Crippen LogP contribution in [-0.2, 0) is 13.6 Å². The molecule has 0 fully saturated rings. The maximum atomic E-state index is 12.1. The highest BCUT2D eigenvalue weighted by Crippen LogP contribution is 2.18. The van der Waals surface area contributed by atoms with Crippen molar-refractivity contribution in [2.75, 3.05) is 7.05 Å². The molecule has 0 bridgehead atoms. The van der Waals surface area contributed by atoms with Crippen LogP contribution in [0.5, 0.6) is 0 Å². The van der Waals surface area contributed by atoms with Gasteiger partial charge in [0.1, 0.15) is 0 Å². The van der Waals surface area contributed by atoms with Crippen LogP contribution in [0.25, 0.3) is 11.3 Å². The second kappa shape index (κ2) is 5.19. The van der Waals surface area contributed by atoms with Crippen molar-refractivity contribution in [3.05, 3.63) is 57.9 Å². The zero-order chi connectivity index (χ0) is 13.1. The van der Waals surface area contributed by atoms with Crippen molar-refractivity contribution in [1.29, 1.82) is 0 Å². The van der Waals surface area contributed by atoms with Crippen molar-refractivity contribution in [2.45, 2.75) is 13.5 Å². The van der Waals surface area contributed by atoms with Gasteiger partial charge < -0.3 is 9.88 Å². The topological polar surface area (TPSA) is 34.0 Å². The minimum Gasteiger partial charge on any atom is -0.315 e. The maximum Gasteiger partial charge on any atom is 0.255 e. The molecular weight excluding hydrogens is 224 g/mol. The number of aromatic nitrogens is 1. The zero-order valence-electron chi connectivity index (χ0n) is 11.0. The van der Waals surface area contributed by atoms with E-state index < -0.39 is 0 Å². The van der Waals surface area contributed by atoms with E-state index in [0.717, 1.165) is 16.8 Å². The molecule has 1 aromatic carbocycles. The second-order valence-electron chi connectivity index (χ2n) is 4.50. The van der Waals surface area contributed by atoms with Crippen LogP contribution in [-0.4, -0.2) is 11.6 Å². The van der Waals surface area contributed by atoms with Crippen LogP contribution in [0, 0.1) is 6.92 Å². The van der Waals surface area contributed by atoms with Gasteiger partial charge in [0.15, 0.2) is 0 Å². The fourth-order valence-electron chi connectivity index (χ4n) is 2.03. The third kappa shape index (κ3) is 2.36. The summed E-state index contributed by atoms with van der Waals surface area (Å²) in [6.07, 6.45) is 0. The first-order valence-corrected chi connectivity index (χ1v) is 6.04. The lowest BCUT2D eigenvalue weighted by atomic mass is 10.1. The summed E-state index contributed by atoms with van der Waals surface area (Å²) < 4.78 is 1.71. The van der Waals surface area contributed by atoms with Crippen LogP contribution in [0.4, 0.5) is 0 Å². The predicted molar refractivity (Wildman–Crippen MR) is 74.6 cm³/mol. The van der Waals surface area contributed by atoms with Crippen LogP contribution in [0.3, 0.4) is 0 Å². The zero-order valence-corrected chi connectivity index (χ0v) is 11.0. The summed E-state index contributed by atoms with van der Waals surface area (Å²) in [4.78, 5) is 12.1. The van der Waals surface area contributed by atoms with Gasteiger partial charge in [0, 0.05) is 19.2 Å². The third-order valence-electron chi connectivity index (χ3n) is 3.10. The fraction of sp³-hybridized carbons (Fsp3) is 0.267. The number of nitrogens with one attached hydrogen (secondary N) is 1. The van der Waals surface area contributed by atoms with Gasteiger partial charge in [0.05, 0.1) is 5.69 Å². The molecule has 0 saturated carbocycles. The maximum absolute atomic E-state index is 12.1. The number of hydrogen-bond donors (Lipinski definition) is 1. The van der Waals surface area contributed by atoms with E-state index in [9.17, 15) is 4.79 Å². The molecule has 0 saturated heterocycles. The van der Waals surface area contributed by atoms with Crippen LogP contribution in [0.2, 0.25) is 0 Å². The van der Waals surface area contributed by atoms with E-state index in [4.69, 9.17) is 0 Å². The smallest absolute Gasteiger partial charge is 0.255 e. The minimum absolute atomic E-state index is 0.0578. The van der Waals surface area contributed by atoms with Crippen LogP contribution >= 0.6 is 0 Å². The molecule has 1 heterocycles. The van der Waals surface area contributed by atoms with Crippen molar-refractivity contribution in [2.24, 2.45) is 7.05 Å². The molecule has 3 heteroatoms. The van der Waals surface area contributed by atoms with Gasteiger partial charge in [-0.25, -0.2) is 0 Å². The van der Waals surface area contributed by atoms with E-state index in [-0.39, 0.29) is 5.56 Å². The summed E-state index contributed by atoms with van der Waals surface area (Å²) in [5.41, 5.74) is 4.07. The molecule has 18 heavy (non-hydrogen) atoms. The SMILES string of the molecule is CNCc1ccc(-c2ccc(C)cc2)n(C)c1=O. The van der Waals surface area contributed by atoms with Gasteiger partial charge >= 0.3 is 0 Å². The summed E-state index contributed by atoms with van der Waals surface area (Å²) in [6, 6.07) is 12.1. The Hall–Kier alpha value is -1.87. The fourth-order valence-corrected chi connectivity index (χ4v) is 2.03. The predicted octanol–water partition coefficient (Wildman–Crippen LogP) is 2.08. The highest BCUT2D eigenvalue weighted by atomic mass is 16.1.